The number of pyridine rings is 1. The van der Waals surface area contributed by atoms with E-state index in [0.717, 1.165) is 45.4 Å². The Hall–Kier alpha value is -2.47. The largest absolute Gasteiger partial charge is 0.348 e. The Morgan fingerprint density at radius 3 is 2.74 bits per heavy atom. The molecule has 4 heterocycles. The van der Waals surface area contributed by atoms with Gasteiger partial charge in [0.25, 0.3) is 5.91 Å². The van der Waals surface area contributed by atoms with Crippen LogP contribution in [0.3, 0.4) is 0 Å². The first kappa shape index (κ1) is 17.9. The molecular weight excluding hydrogens is 338 g/mol. The molecule has 6 heteroatoms. The summed E-state index contributed by atoms with van der Waals surface area (Å²) in [6.45, 7) is 7.70. The molecule has 142 valence electrons. The zero-order valence-corrected chi connectivity index (χ0v) is 16.1. The standard InChI is InChI=1S/C21H27N5O/c1-16(2)6-11-26-12-7-17-19(24-15-23-17)21(26)8-13-25(14-9-21)20(27)18-5-3-4-10-22-18/h3-6,10,15H,7-9,11-14H2,1-2H3,(H,23,24). The van der Waals surface area contributed by atoms with Crippen molar-refractivity contribution in [2.45, 2.75) is 38.6 Å². The fourth-order valence-electron chi connectivity index (χ4n) is 4.37. The maximum absolute atomic E-state index is 12.8. The molecule has 0 bridgehead atoms. The molecule has 0 saturated carbocycles. The van der Waals surface area contributed by atoms with Crippen molar-refractivity contribution in [3.8, 4) is 0 Å². The Bertz CT molecular complexity index is 829. The molecule has 27 heavy (non-hydrogen) atoms. The van der Waals surface area contributed by atoms with Gasteiger partial charge in [-0.05, 0) is 38.8 Å². The summed E-state index contributed by atoms with van der Waals surface area (Å²) in [5, 5.41) is 0. The molecule has 1 fully saturated rings. The van der Waals surface area contributed by atoms with Gasteiger partial charge in [0.15, 0.2) is 0 Å². The lowest BCUT2D eigenvalue weighted by molar-refractivity contribution is 0.0137. The molecule has 2 aromatic heterocycles. The number of aromatic amines is 1. The molecule has 4 rings (SSSR count). The molecule has 1 spiro atoms. The van der Waals surface area contributed by atoms with Gasteiger partial charge in [-0.25, -0.2) is 4.98 Å². The molecule has 1 saturated heterocycles. The smallest absolute Gasteiger partial charge is 0.272 e. The highest BCUT2D eigenvalue weighted by atomic mass is 16.2. The highest BCUT2D eigenvalue weighted by molar-refractivity contribution is 5.92. The number of imidazole rings is 1. The van der Waals surface area contributed by atoms with Crippen LogP contribution in [0.5, 0.6) is 0 Å². The number of H-pyrrole nitrogens is 1. The predicted octanol–water partition coefficient (Wildman–Crippen LogP) is 2.76. The highest BCUT2D eigenvalue weighted by Gasteiger charge is 2.46. The van der Waals surface area contributed by atoms with Crippen molar-refractivity contribution in [2.75, 3.05) is 26.2 Å². The van der Waals surface area contributed by atoms with Crippen LogP contribution >= 0.6 is 0 Å². The van der Waals surface area contributed by atoms with Crippen molar-refractivity contribution in [3.05, 3.63) is 59.5 Å². The number of hydrogen-bond donors (Lipinski definition) is 1. The Kier molecular flexibility index (Phi) is 4.83. The van der Waals surface area contributed by atoms with Gasteiger partial charge in [-0.2, -0.15) is 0 Å². The van der Waals surface area contributed by atoms with E-state index in [2.05, 4.69) is 34.8 Å². The fourth-order valence-corrected chi connectivity index (χ4v) is 4.37. The van der Waals surface area contributed by atoms with E-state index in [1.165, 1.54) is 17.0 Å². The number of carbonyl (C=O) groups excluding carboxylic acids is 1. The Morgan fingerprint density at radius 1 is 1.22 bits per heavy atom. The van der Waals surface area contributed by atoms with Crippen molar-refractivity contribution >= 4 is 5.91 Å². The van der Waals surface area contributed by atoms with Crippen molar-refractivity contribution < 1.29 is 4.79 Å². The van der Waals surface area contributed by atoms with Gasteiger partial charge in [0.2, 0.25) is 0 Å². The lowest BCUT2D eigenvalue weighted by Crippen LogP contribution is -2.57. The predicted molar refractivity (Wildman–Crippen MR) is 104 cm³/mol. The second-order valence-electron chi connectivity index (χ2n) is 7.75. The van der Waals surface area contributed by atoms with Crippen molar-refractivity contribution in [3.63, 3.8) is 0 Å². The summed E-state index contributed by atoms with van der Waals surface area (Å²) in [4.78, 5) is 29.5. The van der Waals surface area contributed by atoms with E-state index in [0.29, 0.717) is 5.69 Å². The number of carbonyl (C=O) groups is 1. The van der Waals surface area contributed by atoms with Gasteiger partial charge in [0.1, 0.15) is 5.69 Å². The molecule has 1 N–H and O–H groups in total. The molecule has 0 unspecified atom stereocenters. The van der Waals surface area contributed by atoms with Gasteiger partial charge in [0, 0.05) is 44.5 Å². The zero-order valence-electron chi connectivity index (χ0n) is 16.1. The van der Waals surface area contributed by atoms with Gasteiger partial charge in [0.05, 0.1) is 17.6 Å². The summed E-state index contributed by atoms with van der Waals surface area (Å²) in [5.41, 5.74) is 4.22. The number of aromatic nitrogens is 3. The minimum Gasteiger partial charge on any atom is -0.348 e. The van der Waals surface area contributed by atoms with Crippen LogP contribution in [-0.4, -0.2) is 56.8 Å². The van der Waals surface area contributed by atoms with E-state index in [9.17, 15) is 4.79 Å². The van der Waals surface area contributed by atoms with E-state index >= 15 is 0 Å². The summed E-state index contributed by atoms with van der Waals surface area (Å²) in [5.74, 6) is 0.0272. The van der Waals surface area contributed by atoms with Gasteiger partial charge in [-0.15, -0.1) is 0 Å². The van der Waals surface area contributed by atoms with Gasteiger partial charge >= 0.3 is 0 Å². The van der Waals surface area contributed by atoms with Crippen LogP contribution in [0.15, 0.2) is 42.4 Å². The fraction of sp³-hybridized carbons (Fsp3) is 0.476. The Balaban J connectivity index is 1.56. The van der Waals surface area contributed by atoms with E-state index in [1.807, 2.05) is 23.4 Å². The molecule has 6 nitrogen and oxygen atoms in total. The minimum atomic E-state index is -0.0829. The summed E-state index contributed by atoms with van der Waals surface area (Å²) in [7, 11) is 0. The normalized spacial score (nSPS) is 19.0. The summed E-state index contributed by atoms with van der Waals surface area (Å²) < 4.78 is 0. The number of rotatable bonds is 3. The monoisotopic (exact) mass is 365 g/mol. The number of allylic oxidation sites excluding steroid dienone is 1. The third-order valence-electron chi connectivity index (χ3n) is 5.88. The van der Waals surface area contributed by atoms with E-state index < -0.39 is 0 Å². The van der Waals surface area contributed by atoms with Crippen molar-refractivity contribution in [2.24, 2.45) is 0 Å². The molecule has 0 atom stereocenters. The number of nitrogens with zero attached hydrogens (tertiary/aromatic N) is 4. The van der Waals surface area contributed by atoms with Gasteiger partial charge in [-0.1, -0.05) is 17.7 Å². The number of amides is 1. The minimum absolute atomic E-state index is 0.0272. The van der Waals surface area contributed by atoms with E-state index in [-0.39, 0.29) is 11.4 Å². The van der Waals surface area contributed by atoms with Gasteiger partial charge in [-0.3, -0.25) is 14.7 Å². The van der Waals surface area contributed by atoms with Crippen LogP contribution in [0, 0.1) is 0 Å². The summed E-state index contributed by atoms with van der Waals surface area (Å²) in [6, 6.07) is 5.49. The summed E-state index contributed by atoms with van der Waals surface area (Å²) in [6.07, 6.45) is 8.61. The maximum atomic E-state index is 12.8. The topological polar surface area (TPSA) is 65.1 Å². The third-order valence-corrected chi connectivity index (χ3v) is 5.88. The van der Waals surface area contributed by atoms with E-state index in [4.69, 9.17) is 4.98 Å². The molecule has 0 radical (unpaired) electrons. The molecule has 2 aliphatic heterocycles. The van der Waals surface area contributed by atoms with Gasteiger partial charge < -0.3 is 9.88 Å². The number of nitrogens with one attached hydrogen (secondary N) is 1. The van der Waals surface area contributed by atoms with Crippen LogP contribution in [0.2, 0.25) is 0 Å². The quantitative estimate of drug-likeness (QED) is 0.850. The number of likely N-dealkylation sites (tertiary alicyclic amines) is 1. The van der Waals surface area contributed by atoms with E-state index in [1.54, 1.807) is 12.3 Å². The van der Waals surface area contributed by atoms with Crippen LogP contribution in [-0.2, 0) is 12.0 Å². The van der Waals surface area contributed by atoms with Crippen molar-refractivity contribution in [1.82, 2.24) is 24.8 Å². The average molecular weight is 365 g/mol. The zero-order chi connectivity index (χ0) is 18.9. The highest BCUT2D eigenvalue weighted by Crippen LogP contribution is 2.42. The average Bonchev–Trinajstić information content (AvgIpc) is 3.18. The molecule has 0 aliphatic carbocycles. The van der Waals surface area contributed by atoms with Crippen LogP contribution in [0.1, 0.15) is 48.6 Å². The first-order valence-electron chi connectivity index (χ1n) is 9.71. The maximum Gasteiger partial charge on any atom is 0.272 e. The van der Waals surface area contributed by atoms with Crippen LogP contribution in [0.4, 0.5) is 0 Å². The molecule has 0 aromatic carbocycles. The summed E-state index contributed by atoms with van der Waals surface area (Å²) >= 11 is 0. The molecule has 2 aliphatic rings. The number of hydrogen-bond acceptors (Lipinski definition) is 4. The Labute approximate surface area is 160 Å². The SMILES string of the molecule is CC(C)=CCN1CCc2[nH]cnc2C12CCN(C(=O)c1ccccn1)CC2. The number of fused-ring (bicyclic) bond motifs is 2. The molecule has 1 amide bonds. The van der Waals surface area contributed by atoms with Crippen molar-refractivity contribution in [1.29, 1.82) is 0 Å². The second-order valence-corrected chi connectivity index (χ2v) is 7.75. The third kappa shape index (κ3) is 3.30. The molecular formula is C21H27N5O. The first-order chi connectivity index (χ1) is 13.1. The second kappa shape index (κ2) is 7.27. The molecule has 2 aromatic rings. The lowest BCUT2D eigenvalue weighted by Gasteiger charge is -2.50. The Morgan fingerprint density at radius 2 is 2.04 bits per heavy atom. The first-order valence-corrected chi connectivity index (χ1v) is 9.71. The lowest BCUT2D eigenvalue weighted by atomic mass is 9.78. The van der Waals surface area contributed by atoms with Crippen LogP contribution < -0.4 is 0 Å². The van der Waals surface area contributed by atoms with Crippen LogP contribution in [0.25, 0.3) is 0 Å². The number of piperidine rings is 1.